The van der Waals surface area contributed by atoms with Crippen LogP contribution in [0.4, 0.5) is 0 Å². The molecule has 2 aromatic carbocycles. The van der Waals surface area contributed by atoms with E-state index in [0.29, 0.717) is 6.54 Å². The van der Waals surface area contributed by atoms with Crippen LogP contribution in [0.3, 0.4) is 0 Å². The van der Waals surface area contributed by atoms with Crippen LogP contribution < -0.4 is 5.32 Å². The first kappa shape index (κ1) is 19.7. The Hall–Kier alpha value is -2.64. The molecule has 0 aliphatic rings. The summed E-state index contributed by atoms with van der Waals surface area (Å²) in [6, 6.07) is 18.3. The highest BCUT2D eigenvalue weighted by molar-refractivity contribution is 5.83. The van der Waals surface area contributed by atoms with Crippen LogP contribution in [0, 0.1) is 0 Å². The van der Waals surface area contributed by atoms with Crippen molar-refractivity contribution in [3.05, 3.63) is 77.4 Å². The highest BCUT2D eigenvalue weighted by Gasteiger charge is 2.19. The van der Waals surface area contributed by atoms with Gasteiger partial charge in [-0.15, -0.1) is 0 Å². The van der Waals surface area contributed by atoms with Crippen molar-refractivity contribution in [1.29, 1.82) is 0 Å². The molecule has 3 heteroatoms. The Kier molecular flexibility index (Phi) is 8.38. The van der Waals surface area contributed by atoms with Gasteiger partial charge in [0.05, 0.1) is 5.92 Å². The molecule has 0 saturated heterocycles. The topological polar surface area (TPSA) is 46.2 Å². The van der Waals surface area contributed by atoms with Crippen molar-refractivity contribution in [2.45, 2.75) is 51.5 Å². The van der Waals surface area contributed by atoms with E-state index in [1.54, 1.807) is 0 Å². The largest absolute Gasteiger partial charge is 0.351 e. The fraction of sp³-hybridized carbons (Fsp3) is 0.348. The van der Waals surface area contributed by atoms with Gasteiger partial charge in [0.15, 0.2) is 0 Å². The summed E-state index contributed by atoms with van der Waals surface area (Å²) in [4.78, 5) is 22.9. The number of amides is 1. The molecule has 0 aliphatic heterocycles. The Morgan fingerprint density at radius 2 is 1.81 bits per heavy atom. The van der Waals surface area contributed by atoms with Crippen LogP contribution >= 0.6 is 0 Å². The average Bonchev–Trinajstić information content (AvgIpc) is 2.69. The predicted molar refractivity (Wildman–Crippen MR) is 106 cm³/mol. The third-order valence-corrected chi connectivity index (χ3v) is 4.48. The van der Waals surface area contributed by atoms with Gasteiger partial charge in [-0.1, -0.05) is 67.9 Å². The number of aryl methyl sites for hydroxylation is 1. The second kappa shape index (κ2) is 11.1. The number of nitrogens with one attached hydrogen (secondary N) is 1. The van der Waals surface area contributed by atoms with E-state index in [2.05, 4.69) is 36.5 Å². The van der Waals surface area contributed by atoms with Crippen molar-refractivity contribution < 1.29 is 9.59 Å². The zero-order chi connectivity index (χ0) is 18.6. The molecule has 1 atom stereocenters. The standard InChI is InChI=1S/C23H27NO2/c1-2-9-22(23(26)24-18-20-11-5-3-6-12-20)21-15-13-19(14-16-21)10-7-4-8-17-25/h3,5-6,8,11-16,22H,2,4,7,9-10,18H2,1H3,(H,24,26). The van der Waals surface area contributed by atoms with E-state index in [0.717, 1.165) is 43.2 Å². The minimum absolute atomic E-state index is 0.0829. The van der Waals surface area contributed by atoms with E-state index in [4.69, 9.17) is 0 Å². The molecule has 2 rings (SSSR count). The maximum Gasteiger partial charge on any atom is 0.227 e. The SMILES string of the molecule is CCCC(C(=O)NCc1ccccc1)c1ccc(CCCC=C=O)cc1. The van der Waals surface area contributed by atoms with E-state index < -0.39 is 0 Å². The van der Waals surface area contributed by atoms with Gasteiger partial charge < -0.3 is 5.32 Å². The molecular formula is C23H27NO2. The average molecular weight is 349 g/mol. The Morgan fingerprint density at radius 3 is 2.46 bits per heavy atom. The van der Waals surface area contributed by atoms with Gasteiger partial charge in [0.2, 0.25) is 5.91 Å². The smallest absolute Gasteiger partial charge is 0.227 e. The van der Waals surface area contributed by atoms with Gasteiger partial charge in [-0.05, 0) is 48.4 Å². The lowest BCUT2D eigenvalue weighted by molar-refractivity contribution is -0.122. The predicted octanol–water partition coefficient (Wildman–Crippen LogP) is 4.60. The number of unbranched alkanes of at least 4 members (excludes halogenated alkanes) is 1. The van der Waals surface area contributed by atoms with E-state index >= 15 is 0 Å². The molecule has 1 N–H and O–H groups in total. The lowest BCUT2D eigenvalue weighted by Crippen LogP contribution is -2.29. The zero-order valence-corrected chi connectivity index (χ0v) is 15.4. The second-order valence-corrected chi connectivity index (χ2v) is 6.50. The van der Waals surface area contributed by atoms with Crippen molar-refractivity contribution in [3.8, 4) is 0 Å². The summed E-state index contributed by atoms with van der Waals surface area (Å²) in [6.45, 7) is 2.66. The molecule has 26 heavy (non-hydrogen) atoms. The van der Waals surface area contributed by atoms with Crippen LogP contribution in [0.1, 0.15) is 55.2 Å². The summed E-state index contributed by atoms with van der Waals surface area (Å²) in [5.41, 5.74) is 3.40. The Morgan fingerprint density at radius 1 is 1.08 bits per heavy atom. The molecule has 0 spiro atoms. The zero-order valence-electron chi connectivity index (χ0n) is 15.4. The van der Waals surface area contributed by atoms with Crippen molar-refractivity contribution in [1.82, 2.24) is 5.32 Å². The van der Waals surface area contributed by atoms with Crippen LogP contribution in [0.25, 0.3) is 0 Å². The fourth-order valence-electron chi connectivity index (χ4n) is 3.03. The number of allylic oxidation sites excluding steroid dienone is 1. The summed E-state index contributed by atoms with van der Waals surface area (Å²) >= 11 is 0. The van der Waals surface area contributed by atoms with Crippen molar-refractivity contribution in [3.63, 3.8) is 0 Å². The summed E-state index contributed by atoms with van der Waals surface area (Å²) in [6.07, 6.45) is 5.95. The van der Waals surface area contributed by atoms with Crippen LogP contribution in [0.2, 0.25) is 0 Å². The summed E-state index contributed by atoms with van der Waals surface area (Å²) in [5.74, 6) is 1.78. The molecule has 2 aromatic rings. The van der Waals surface area contributed by atoms with Crippen molar-refractivity contribution in [2.24, 2.45) is 0 Å². The van der Waals surface area contributed by atoms with Crippen molar-refractivity contribution in [2.75, 3.05) is 0 Å². The number of hydrogen-bond acceptors (Lipinski definition) is 2. The van der Waals surface area contributed by atoms with E-state index in [9.17, 15) is 9.59 Å². The number of rotatable bonds is 10. The first-order chi connectivity index (χ1) is 12.7. The summed E-state index contributed by atoms with van der Waals surface area (Å²) in [7, 11) is 0. The minimum Gasteiger partial charge on any atom is -0.351 e. The van der Waals surface area contributed by atoms with Gasteiger partial charge in [-0.2, -0.15) is 0 Å². The normalized spacial score (nSPS) is 11.4. The molecule has 1 amide bonds. The summed E-state index contributed by atoms with van der Waals surface area (Å²) < 4.78 is 0. The lowest BCUT2D eigenvalue weighted by Gasteiger charge is -2.17. The molecule has 1 unspecified atom stereocenters. The number of hydrogen-bond donors (Lipinski definition) is 1. The van der Waals surface area contributed by atoms with Gasteiger partial charge in [-0.3, -0.25) is 4.79 Å². The molecule has 0 saturated carbocycles. The van der Waals surface area contributed by atoms with Gasteiger partial charge in [-0.25, -0.2) is 4.79 Å². The first-order valence-electron chi connectivity index (χ1n) is 9.34. The third-order valence-electron chi connectivity index (χ3n) is 4.48. The van der Waals surface area contributed by atoms with Gasteiger partial charge >= 0.3 is 0 Å². The van der Waals surface area contributed by atoms with Crippen LogP contribution in [0.5, 0.6) is 0 Å². The maximum atomic E-state index is 12.7. The monoisotopic (exact) mass is 349 g/mol. The highest BCUT2D eigenvalue weighted by atomic mass is 16.1. The molecule has 0 aromatic heterocycles. The van der Waals surface area contributed by atoms with Gasteiger partial charge in [0.25, 0.3) is 0 Å². The highest BCUT2D eigenvalue weighted by Crippen LogP contribution is 2.23. The molecular weight excluding hydrogens is 322 g/mol. The second-order valence-electron chi connectivity index (χ2n) is 6.50. The van der Waals surface area contributed by atoms with E-state index in [1.165, 1.54) is 11.6 Å². The minimum atomic E-state index is -0.115. The number of carbonyl (C=O) groups is 1. The Balaban J connectivity index is 1.96. The molecule has 0 radical (unpaired) electrons. The molecule has 0 bridgehead atoms. The van der Waals surface area contributed by atoms with Crippen LogP contribution in [-0.4, -0.2) is 11.8 Å². The lowest BCUT2D eigenvalue weighted by atomic mass is 9.92. The van der Waals surface area contributed by atoms with Crippen LogP contribution in [-0.2, 0) is 22.6 Å². The quantitative estimate of drug-likeness (QED) is 0.503. The molecule has 136 valence electrons. The van der Waals surface area contributed by atoms with E-state index in [-0.39, 0.29) is 11.8 Å². The summed E-state index contributed by atoms with van der Waals surface area (Å²) in [5, 5.41) is 3.07. The molecule has 0 fully saturated rings. The molecule has 0 aliphatic carbocycles. The molecule has 0 heterocycles. The molecule has 3 nitrogen and oxygen atoms in total. The Labute approximate surface area is 156 Å². The number of benzene rings is 2. The third kappa shape index (κ3) is 6.34. The van der Waals surface area contributed by atoms with Crippen molar-refractivity contribution >= 4 is 11.8 Å². The number of carbonyl (C=O) groups excluding carboxylic acids is 2. The van der Waals surface area contributed by atoms with Crippen LogP contribution in [0.15, 0.2) is 60.7 Å². The Bertz CT molecular complexity index is 716. The van der Waals surface area contributed by atoms with Gasteiger partial charge in [0, 0.05) is 6.54 Å². The van der Waals surface area contributed by atoms with E-state index in [1.807, 2.05) is 36.3 Å². The first-order valence-corrected chi connectivity index (χ1v) is 9.34. The van der Waals surface area contributed by atoms with Gasteiger partial charge in [0.1, 0.15) is 5.94 Å². The fourth-order valence-corrected chi connectivity index (χ4v) is 3.03. The maximum absolute atomic E-state index is 12.7.